The molecule has 0 fully saturated rings. The van der Waals surface area contributed by atoms with Crippen molar-refractivity contribution in [3.05, 3.63) is 46.0 Å². The zero-order valence-electron chi connectivity index (χ0n) is 9.67. The highest BCUT2D eigenvalue weighted by atomic mass is 35.5. The van der Waals surface area contributed by atoms with Crippen LogP contribution in [0.25, 0.3) is 0 Å². The first-order chi connectivity index (χ1) is 8.06. The fourth-order valence-corrected chi connectivity index (χ4v) is 2.26. The Bertz CT molecular complexity index is 511. The van der Waals surface area contributed by atoms with E-state index in [2.05, 4.69) is 22.6 Å². The van der Waals surface area contributed by atoms with Gasteiger partial charge >= 0.3 is 0 Å². The summed E-state index contributed by atoms with van der Waals surface area (Å²) in [5.74, 6) is 0. The molecular formula is C12H13Cl2N3. The number of rotatable bonds is 3. The minimum Gasteiger partial charge on any atom is -0.378 e. The van der Waals surface area contributed by atoms with Gasteiger partial charge in [-0.2, -0.15) is 0 Å². The summed E-state index contributed by atoms with van der Waals surface area (Å²) in [7, 11) is 1.99. The molecule has 0 saturated carbocycles. The van der Waals surface area contributed by atoms with E-state index in [4.69, 9.17) is 23.2 Å². The van der Waals surface area contributed by atoms with Crippen molar-refractivity contribution in [1.29, 1.82) is 0 Å². The van der Waals surface area contributed by atoms with Gasteiger partial charge in [-0.15, -0.1) is 0 Å². The fraction of sp³-hybridized carbons (Fsp3) is 0.250. The van der Waals surface area contributed by atoms with E-state index in [-0.39, 0.29) is 0 Å². The molecule has 0 unspecified atom stereocenters. The summed E-state index contributed by atoms with van der Waals surface area (Å²) in [6.45, 7) is 2.66. The van der Waals surface area contributed by atoms with E-state index in [1.165, 1.54) is 5.56 Å². The number of hydrogen-bond acceptors (Lipinski definition) is 2. The first kappa shape index (κ1) is 12.3. The van der Waals surface area contributed by atoms with Crippen LogP contribution in [0.15, 0.2) is 24.5 Å². The van der Waals surface area contributed by atoms with Crippen molar-refractivity contribution in [2.45, 2.75) is 13.5 Å². The fourth-order valence-electron chi connectivity index (χ4n) is 1.66. The van der Waals surface area contributed by atoms with Crippen LogP contribution in [0.4, 0.5) is 5.69 Å². The van der Waals surface area contributed by atoms with Crippen molar-refractivity contribution in [1.82, 2.24) is 9.55 Å². The van der Waals surface area contributed by atoms with Crippen molar-refractivity contribution in [2.75, 3.05) is 5.32 Å². The zero-order chi connectivity index (χ0) is 12.4. The second-order valence-electron chi connectivity index (χ2n) is 3.97. The Morgan fingerprint density at radius 2 is 2.18 bits per heavy atom. The van der Waals surface area contributed by atoms with E-state index in [1.807, 2.05) is 24.7 Å². The van der Waals surface area contributed by atoms with E-state index in [9.17, 15) is 0 Å². The molecule has 0 aliphatic heterocycles. The van der Waals surface area contributed by atoms with E-state index < -0.39 is 0 Å². The lowest BCUT2D eigenvalue weighted by molar-refractivity contribution is 0.920. The number of hydrogen-bond donors (Lipinski definition) is 1. The second-order valence-corrected chi connectivity index (χ2v) is 4.71. The average molecular weight is 270 g/mol. The molecule has 0 aliphatic rings. The molecule has 2 rings (SSSR count). The van der Waals surface area contributed by atoms with E-state index in [0.717, 1.165) is 11.3 Å². The molecular weight excluding hydrogens is 257 g/mol. The SMILES string of the molecule is Cc1cc(Cl)nc(Cl)c1NCc1ccn(C)c1. The first-order valence-electron chi connectivity index (χ1n) is 5.23. The summed E-state index contributed by atoms with van der Waals surface area (Å²) in [5, 5.41) is 4.09. The van der Waals surface area contributed by atoms with Gasteiger partial charge in [-0.05, 0) is 30.2 Å². The standard InChI is InChI=1S/C12H13Cl2N3/c1-8-5-10(13)16-12(14)11(8)15-6-9-3-4-17(2)7-9/h3-5,7,15H,6H2,1-2H3. The summed E-state index contributed by atoms with van der Waals surface area (Å²) >= 11 is 11.9. The minimum absolute atomic E-state index is 0.408. The van der Waals surface area contributed by atoms with Crippen molar-refractivity contribution in [2.24, 2.45) is 7.05 Å². The van der Waals surface area contributed by atoms with Crippen LogP contribution in [0.3, 0.4) is 0 Å². The van der Waals surface area contributed by atoms with Gasteiger partial charge in [0.25, 0.3) is 0 Å². The highest BCUT2D eigenvalue weighted by Crippen LogP contribution is 2.26. The number of nitrogens with zero attached hydrogens (tertiary/aromatic N) is 2. The molecule has 2 aromatic heterocycles. The molecule has 0 aromatic carbocycles. The number of pyridine rings is 1. The van der Waals surface area contributed by atoms with Crippen LogP contribution in [0, 0.1) is 6.92 Å². The topological polar surface area (TPSA) is 29.9 Å². The second kappa shape index (κ2) is 4.98. The van der Waals surface area contributed by atoms with Gasteiger partial charge in [-0.1, -0.05) is 23.2 Å². The Morgan fingerprint density at radius 3 is 2.76 bits per heavy atom. The molecule has 0 spiro atoms. The maximum absolute atomic E-state index is 6.04. The van der Waals surface area contributed by atoms with Crippen molar-refractivity contribution < 1.29 is 0 Å². The van der Waals surface area contributed by atoms with Gasteiger partial charge in [-0.3, -0.25) is 0 Å². The molecule has 0 saturated heterocycles. The number of aromatic nitrogens is 2. The molecule has 17 heavy (non-hydrogen) atoms. The number of aryl methyl sites for hydroxylation is 2. The lowest BCUT2D eigenvalue weighted by Crippen LogP contribution is -2.02. The van der Waals surface area contributed by atoms with Gasteiger partial charge in [0.2, 0.25) is 0 Å². The number of nitrogens with one attached hydrogen (secondary N) is 1. The predicted molar refractivity (Wildman–Crippen MR) is 71.7 cm³/mol. The van der Waals surface area contributed by atoms with Crippen LogP contribution in [0.2, 0.25) is 10.3 Å². The van der Waals surface area contributed by atoms with Gasteiger partial charge < -0.3 is 9.88 Å². The highest BCUT2D eigenvalue weighted by molar-refractivity contribution is 6.34. The third-order valence-electron chi connectivity index (χ3n) is 2.50. The number of anilines is 1. The highest BCUT2D eigenvalue weighted by Gasteiger charge is 2.07. The molecule has 2 aromatic rings. The predicted octanol–water partition coefficient (Wildman–Crippen LogP) is 3.65. The molecule has 2 heterocycles. The van der Waals surface area contributed by atoms with Crippen molar-refractivity contribution in [3.63, 3.8) is 0 Å². The van der Waals surface area contributed by atoms with Gasteiger partial charge in [0.15, 0.2) is 5.15 Å². The lowest BCUT2D eigenvalue weighted by atomic mass is 10.2. The molecule has 5 heteroatoms. The summed E-state index contributed by atoms with van der Waals surface area (Å²) < 4.78 is 2.01. The van der Waals surface area contributed by atoms with Gasteiger partial charge in [0.1, 0.15) is 5.15 Å². The van der Waals surface area contributed by atoms with Crippen LogP contribution in [-0.4, -0.2) is 9.55 Å². The largest absolute Gasteiger partial charge is 0.378 e. The summed E-state index contributed by atoms with van der Waals surface area (Å²) in [6.07, 6.45) is 4.06. The van der Waals surface area contributed by atoms with E-state index in [0.29, 0.717) is 16.9 Å². The average Bonchev–Trinajstić information content (AvgIpc) is 2.62. The Balaban J connectivity index is 2.14. The molecule has 0 amide bonds. The van der Waals surface area contributed by atoms with Crippen molar-refractivity contribution in [3.8, 4) is 0 Å². The van der Waals surface area contributed by atoms with Crippen LogP contribution in [-0.2, 0) is 13.6 Å². The normalized spacial score (nSPS) is 10.6. The molecule has 0 radical (unpaired) electrons. The van der Waals surface area contributed by atoms with E-state index in [1.54, 1.807) is 6.07 Å². The summed E-state index contributed by atoms with van der Waals surface area (Å²) in [5.41, 5.74) is 3.02. The Kier molecular flexibility index (Phi) is 3.60. The monoisotopic (exact) mass is 269 g/mol. The van der Waals surface area contributed by atoms with Gasteiger partial charge in [-0.25, -0.2) is 4.98 Å². The lowest BCUT2D eigenvalue weighted by Gasteiger charge is -2.10. The third kappa shape index (κ3) is 2.93. The Labute approximate surface area is 110 Å². The summed E-state index contributed by atoms with van der Waals surface area (Å²) in [6, 6.07) is 3.85. The van der Waals surface area contributed by atoms with Gasteiger partial charge in [0.05, 0.1) is 5.69 Å². The van der Waals surface area contributed by atoms with Gasteiger partial charge in [0, 0.05) is 26.0 Å². The van der Waals surface area contributed by atoms with Crippen LogP contribution < -0.4 is 5.32 Å². The Hall–Kier alpha value is -1.19. The minimum atomic E-state index is 0.408. The molecule has 0 atom stereocenters. The maximum Gasteiger partial charge on any atom is 0.154 e. The molecule has 0 bridgehead atoms. The summed E-state index contributed by atoms with van der Waals surface area (Å²) in [4.78, 5) is 4.02. The molecule has 3 nitrogen and oxygen atoms in total. The smallest absolute Gasteiger partial charge is 0.154 e. The van der Waals surface area contributed by atoms with Crippen LogP contribution >= 0.6 is 23.2 Å². The Morgan fingerprint density at radius 1 is 1.41 bits per heavy atom. The van der Waals surface area contributed by atoms with E-state index >= 15 is 0 Å². The molecule has 90 valence electrons. The van der Waals surface area contributed by atoms with Crippen LogP contribution in [0.5, 0.6) is 0 Å². The molecule has 1 N–H and O–H groups in total. The number of halogens is 2. The van der Waals surface area contributed by atoms with Crippen LogP contribution in [0.1, 0.15) is 11.1 Å². The van der Waals surface area contributed by atoms with Crippen molar-refractivity contribution >= 4 is 28.9 Å². The molecule has 0 aliphatic carbocycles. The zero-order valence-corrected chi connectivity index (χ0v) is 11.2. The third-order valence-corrected chi connectivity index (χ3v) is 2.97. The first-order valence-corrected chi connectivity index (χ1v) is 5.99. The quantitative estimate of drug-likeness (QED) is 0.863. The maximum atomic E-state index is 6.04.